The second kappa shape index (κ2) is 8.60. The molecule has 170 valence electrons. The van der Waals surface area contributed by atoms with Crippen molar-refractivity contribution in [3.63, 3.8) is 0 Å². The molecule has 1 aromatic heterocycles. The number of nitrogens with one attached hydrogen (secondary N) is 1. The van der Waals surface area contributed by atoms with Gasteiger partial charge in [0.2, 0.25) is 5.91 Å². The number of piperidine rings is 1. The van der Waals surface area contributed by atoms with Crippen LogP contribution in [-0.2, 0) is 14.8 Å². The van der Waals surface area contributed by atoms with Crippen molar-refractivity contribution in [3.05, 3.63) is 59.5 Å². The molecule has 10 heteroatoms. The van der Waals surface area contributed by atoms with Crippen LogP contribution in [0.5, 0.6) is 5.75 Å². The minimum atomic E-state index is -3.69. The highest BCUT2D eigenvalue weighted by molar-refractivity contribution is 7.90. The van der Waals surface area contributed by atoms with E-state index in [1.807, 2.05) is 34.5 Å². The fraction of sp³-hybridized carbons (Fsp3) is 0.261. The van der Waals surface area contributed by atoms with Gasteiger partial charge in [-0.15, -0.1) is 15.7 Å². The number of thiazole rings is 1. The van der Waals surface area contributed by atoms with E-state index in [0.29, 0.717) is 29.6 Å². The van der Waals surface area contributed by atoms with Gasteiger partial charge in [-0.3, -0.25) is 4.79 Å². The first-order valence-corrected chi connectivity index (χ1v) is 12.9. The Morgan fingerprint density at radius 2 is 1.97 bits per heavy atom. The molecule has 1 atom stereocenters. The van der Waals surface area contributed by atoms with Crippen molar-refractivity contribution >= 4 is 38.2 Å². The molecular formula is C23H22N4O4S2. The van der Waals surface area contributed by atoms with E-state index >= 15 is 0 Å². The van der Waals surface area contributed by atoms with E-state index in [1.54, 1.807) is 31.4 Å². The van der Waals surface area contributed by atoms with E-state index in [4.69, 9.17) is 4.74 Å². The molecule has 2 aromatic carbocycles. The number of anilines is 1. The Hall–Kier alpha value is -3.24. The first-order chi connectivity index (χ1) is 15.9. The largest absolute Gasteiger partial charge is 0.497 e. The molecule has 5 rings (SSSR count). The molecule has 33 heavy (non-hydrogen) atoms. The lowest BCUT2D eigenvalue weighted by molar-refractivity contribution is -0.121. The molecular weight excluding hydrogens is 460 g/mol. The van der Waals surface area contributed by atoms with Gasteiger partial charge in [0.05, 0.1) is 18.7 Å². The topological polar surface area (TPSA) is 101 Å². The molecule has 2 aliphatic rings. The zero-order chi connectivity index (χ0) is 23.0. The van der Waals surface area contributed by atoms with Gasteiger partial charge in [0.1, 0.15) is 10.6 Å². The summed E-state index contributed by atoms with van der Waals surface area (Å²) in [5, 5.41) is 5.37. The zero-order valence-corrected chi connectivity index (χ0v) is 19.5. The van der Waals surface area contributed by atoms with Gasteiger partial charge in [-0.05, 0) is 49.2 Å². The maximum absolute atomic E-state index is 13.0. The lowest BCUT2D eigenvalue weighted by Gasteiger charge is -2.33. The van der Waals surface area contributed by atoms with E-state index in [9.17, 15) is 13.2 Å². The molecule has 1 unspecified atom stereocenters. The fourth-order valence-electron chi connectivity index (χ4n) is 4.13. The third-order valence-electron chi connectivity index (χ3n) is 5.82. The number of amidine groups is 1. The van der Waals surface area contributed by atoms with Crippen LogP contribution >= 0.6 is 11.3 Å². The first kappa shape index (κ1) is 21.6. The highest BCUT2D eigenvalue weighted by Crippen LogP contribution is 2.31. The summed E-state index contributed by atoms with van der Waals surface area (Å²) in [5.41, 5.74) is 2.32. The van der Waals surface area contributed by atoms with Crippen molar-refractivity contribution in [2.75, 3.05) is 25.5 Å². The maximum atomic E-state index is 13.0. The number of likely N-dealkylation sites (tertiary alicyclic amines) is 1. The summed E-state index contributed by atoms with van der Waals surface area (Å²) < 4.78 is 34.0. The third kappa shape index (κ3) is 4.23. The monoisotopic (exact) mass is 482 g/mol. The average Bonchev–Trinajstić information content (AvgIpc) is 3.41. The summed E-state index contributed by atoms with van der Waals surface area (Å²) >= 11 is 1.37. The lowest BCUT2D eigenvalue weighted by Crippen LogP contribution is -2.43. The number of amides is 1. The number of sulfonamides is 1. The van der Waals surface area contributed by atoms with Gasteiger partial charge in [-0.2, -0.15) is 8.42 Å². The second-order valence-electron chi connectivity index (χ2n) is 7.93. The predicted octanol–water partition coefficient (Wildman–Crippen LogP) is 3.62. The number of methoxy groups -OCH3 is 1. The minimum Gasteiger partial charge on any atom is -0.497 e. The van der Waals surface area contributed by atoms with Gasteiger partial charge < -0.3 is 15.0 Å². The van der Waals surface area contributed by atoms with E-state index in [0.717, 1.165) is 29.8 Å². The van der Waals surface area contributed by atoms with E-state index in [2.05, 4.69) is 14.7 Å². The van der Waals surface area contributed by atoms with E-state index in [1.165, 1.54) is 11.3 Å². The van der Waals surface area contributed by atoms with Crippen molar-refractivity contribution in [3.8, 4) is 17.0 Å². The van der Waals surface area contributed by atoms with Crippen molar-refractivity contribution in [2.45, 2.75) is 17.7 Å². The van der Waals surface area contributed by atoms with Crippen LogP contribution in [-0.4, -0.2) is 50.2 Å². The number of carbonyl (C=O) groups is 1. The predicted molar refractivity (Wildman–Crippen MR) is 127 cm³/mol. The lowest BCUT2D eigenvalue weighted by atomic mass is 9.96. The number of benzene rings is 2. The van der Waals surface area contributed by atoms with Gasteiger partial charge >= 0.3 is 0 Å². The molecule has 0 spiro atoms. The van der Waals surface area contributed by atoms with Gasteiger partial charge in [-0.1, -0.05) is 12.1 Å². The molecule has 1 fully saturated rings. The minimum absolute atomic E-state index is 0.120. The van der Waals surface area contributed by atoms with Crippen molar-refractivity contribution in [2.24, 2.45) is 10.3 Å². The fourth-order valence-corrected chi connectivity index (χ4v) is 6.08. The Bertz CT molecular complexity index is 1330. The molecule has 0 aliphatic carbocycles. The number of nitrogens with zero attached hydrogens (tertiary/aromatic N) is 3. The highest BCUT2D eigenvalue weighted by Gasteiger charge is 2.35. The number of carbonyl (C=O) groups excluding carboxylic acids is 1. The van der Waals surface area contributed by atoms with Crippen LogP contribution in [0.3, 0.4) is 0 Å². The Morgan fingerprint density at radius 1 is 1.18 bits per heavy atom. The third-order valence-corrected chi connectivity index (χ3v) is 7.91. The summed E-state index contributed by atoms with van der Waals surface area (Å²) in [6.45, 7) is 1.07. The van der Waals surface area contributed by atoms with Crippen LogP contribution in [0.15, 0.2) is 63.2 Å². The molecule has 1 saturated heterocycles. The number of rotatable bonds is 4. The molecule has 3 aromatic rings. The number of hydrogen-bond acceptors (Lipinski definition) is 7. The Kier molecular flexibility index (Phi) is 5.63. The quantitative estimate of drug-likeness (QED) is 0.610. The number of fused-ring (bicyclic) bond motifs is 1. The van der Waals surface area contributed by atoms with Crippen LogP contribution in [0.2, 0.25) is 0 Å². The molecule has 0 radical (unpaired) electrons. The summed E-state index contributed by atoms with van der Waals surface area (Å²) in [7, 11) is -2.07. The summed E-state index contributed by atoms with van der Waals surface area (Å²) in [4.78, 5) is 19.7. The zero-order valence-electron chi connectivity index (χ0n) is 17.9. The average molecular weight is 483 g/mol. The van der Waals surface area contributed by atoms with Crippen molar-refractivity contribution in [1.82, 2.24) is 9.88 Å². The summed E-state index contributed by atoms with van der Waals surface area (Å²) in [6.07, 6.45) is 1.50. The first-order valence-electron chi connectivity index (χ1n) is 10.5. The van der Waals surface area contributed by atoms with Crippen LogP contribution in [0.25, 0.3) is 11.3 Å². The molecule has 3 heterocycles. The molecule has 1 N–H and O–H groups in total. The smallest absolute Gasteiger partial charge is 0.285 e. The standard InChI is InChI=1S/C23H22N4O4S2/c1-31-17-10-8-15(9-11-17)19-14-32-23(24-19)25-22(28)16-5-4-12-27(13-16)21-18-6-2-3-7-20(18)33(29,30)26-21/h2-3,6-11,14,16H,4-5,12-13H2,1H3,(H,24,25,28). The molecule has 8 nitrogen and oxygen atoms in total. The molecule has 0 bridgehead atoms. The van der Waals surface area contributed by atoms with Crippen LogP contribution in [0.4, 0.5) is 5.13 Å². The second-order valence-corrected chi connectivity index (χ2v) is 10.4. The van der Waals surface area contributed by atoms with Gasteiger partial charge in [-0.25, -0.2) is 4.98 Å². The number of ether oxygens (including phenoxy) is 1. The molecule has 2 aliphatic heterocycles. The Labute approximate surface area is 196 Å². The number of aromatic nitrogens is 1. The normalized spacial score (nSPS) is 19.0. The molecule has 0 saturated carbocycles. The van der Waals surface area contributed by atoms with Crippen LogP contribution in [0.1, 0.15) is 18.4 Å². The summed E-state index contributed by atoms with van der Waals surface area (Å²) in [5.74, 6) is 0.793. The maximum Gasteiger partial charge on any atom is 0.285 e. The Morgan fingerprint density at radius 3 is 2.76 bits per heavy atom. The van der Waals surface area contributed by atoms with Gasteiger partial charge in [0.15, 0.2) is 11.0 Å². The van der Waals surface area contributed by atoms with E-state index in [-0.39, 0.29) is 16.7 Å². The molecule has 1 amide bonds. The van der Waals surface area contributed by atoms with Gasteiger partial charge in [0, 0.05) is 29.6 Å². The van der Waals surface area contributed by atoms with Crippen molar-refractivity contribution in [1.29, 1.82) is 0 Å². The van der Waals surface area contributed by atoms with Crippen LogP contribution < -0.4 is 10.1 Å². The van der Waals surface area contributed by atoms with E-state index < -0.39 is 10.0 Å². The Balaban J connectivity index is 1.28. The highest BCUT2D eigenvalue weighted by atomic mass is 32.2. The summed E-state index contributed by atoms with van der Waals surface area (Å²) in [6, 6.07) is 14.4. The number of hydrogen-bond donors (Lipinski definition) is 1. The van der Waals surface area contributed by atoms with Crippen molar-refractivity contribution < 1.29 is 17.9 Å². The van der Waals surface area contributed by atoms with Gasteiger partial charge in [0.25, 0.3) is 10.0 Å². The SMILES string of the molecule is COc1ccc(-c2csc(NC(=O)C3CCCN(C4=NS(=O)(=O)c5ccccc54)C3)n2)cc1. The van der Waals surface area contributed by atoms with Crippen LogP contribution in [0, 0.1) is 5.92 Å².